The molecule has 2 N–H and O–H groups in total. The largest absolute Gasteiger partial charge is 0.356 e. The number of hydrogen-bond donors (Lipinski definition) is 2. The van der Waals surface area contributed by atoms with E-state index in [1.54, 1.807) is 12.1 Å². The van der Waals surface area contributed by atoms with Crippen molar-refractivity contribution in [3.63, 3.8) is 0 Å². The maximum absolute atomic E-state index is 13.9. The number of halogens is 2. The number of likely N-dealkylation sites (tertiary alicyclic amines) is 2. The summed E-state index contributed by atoms with van der Waals surface area (Å²) in [5, 5.41) is 7.12. The van der Waals surface area contributed by atoms with Crippen LogP contribution in [0.2, 0.25) is 0 Å². The van der Waals surface area contributed by atoms with Crippen molar-refractivity contribution in [2.75, 3.05) is 46.3 Å². The fourth-order valence-electron chi connectivity index (χ4n) is 4.29. The SMILES string of the molecule is C=CCN1CCC(NC(=NC)NCC2CCN(Cc3ccccc3F)CC2)CC1.I. The molecule has 168 valence electrons. The number of hydrogen-bond acceptors (Lipinski definition) is 3. The van der Waals surface area contributed by atoms with Crippen LogP contribution in [0.1, 0.15) is 31.2 Å². The van der Waals surface area contributed by atoms with Crippen LogP contribution >= 0.6 is 24.0 Å². The van der Waals surface area contributed by atoms with Gasteiger partial charge in [0.05, 0.1) is 0 Å². The molecular weight excluding hydrogens is 492 g/mol. The van der Waals surface area contributed by atoms with E-state index < -0.39 is 0 Å². The van der Waals surface area contributed by atoms with Crippen molar-refractivity contribution < 1.29 is 4.39 Å². The van der Waals surface area contributed by atoms with Crippen LogP contribution in [0.5, 0.6) is 0 Å². The van der Waals surface area contributed by atoms with Gasteiger partial charge in [0.1, 0.15) is 5.82 Å². The molecule has 1 aromatic carbocycles. The van der Waals surface area contributed by atoms with E-state index >= 15 is 0 Å². The molecule has 0 bridgehead atoms. The van der Waals surface area contributed by atoms with Gasteiger partial charge >= 0.3 is 0 Å². The first-order valence-corrected chi connectivity index (χ1v) is 10.9. The van der Waals surface area contributed by atoms with E-state index in [2.05, 4.69) is 32.0 Å². The third-order valence-electron chi connectivity index (χ3n) is 6.16. The van der Waals surface area contributed by atoms with E-state index in [1.165, 1.54) is 0 Å². The molecule has 0 saturated carbocycles. The Balaban J connectivity index is 0.00000320. The first kappa shape index (κ1) is 25.1. The van der Waals surface area contributed by atoms with Gasteiger partial charge in [0.2, 0.25) is 0 Å². The van der Waals surface area contributed by atoms with Crippen LogP contribution in [-0.2, 0) is 6.54 Å². The van der Waals surface area contributed by atoms with E-state index in [0.717, 1.165) is 76.5 Å². The fourth-order valence-corrected chi connectivity index (χ4v) is 4.29. The topological polar surface area (TPSA) is 42.9 Å². The van der Waals surface area contributed by atoms with Gasteiger partial charge in [0.15, 0.2) is 5.96 Å². The molecule has 0 spiro atoms. The summed E-state index contributed by atoms with van der Waals surface area (Å²) in [4.78, 5) is 9.22. The minimum Gasteiger partial charge on any atom is -0.356 e. The maximum atomic E-state index is 13.9. The van der Waals surface area contributed by atoms with Gasteiger partial charge in [-0.3, -0.25) is 14.8 Å². The molecule has 2 fully saturated rings. The Morgan fingerprint density at radius 3 is 2.43 bits per heavy atom. The predicted molar refractivity (Wildman–Crippen MR) is 134 cm³/mol. The van der Waals surface area contributed by atoms with Crippen LogP contribution in [-0.4, -0.2) is 68.1 Å². The highest BCUT2D eigenvalue weighted by atomic mass is 127. The van der Waals surface area contributed by atoms with Crippen molar-refractivity contribution in [3.05, 3.63) is 48.3 Å². The van der Waals surface area contributed by atoms with E-state index in [-0.39, 0.29) is 29.8 Å². The van der Waals surface area contributed by atoms with Crippen molar-refractivity contribution in [3.8, 4) is 0 Å². The average molecular weight is 529 g/mol. The number of piperidine rings is 2. The molecule has 0 atom stereocenters. The number of guanidine groups is 1. The van der Waals surface area contributed by atoms with Crippen molar-refractivity contribution in [2.45, 2.75) is 38.3 Å². The minimum absolute atomic E-state index is 0. The zero-order valence-corrected chi connectivity index (χ0v) is 20.5. The van der Waals surface area contributed by atoms with Gasteiger partial charge in [-0.25, -0.2) is 4.39 Å². The monoisotopic (exact) mass is 529 g/mol. The maximum Gasteiger partial charge on any atom is 0.191 e. The zero-order chi connectivity index (χ0) is 20.5. The molecule has 3 rings (SSSR count). The molecule has 2 aliphatic heterocycles. The number of benzene rings is 1. The lowest BCUT2D eigenvalue weighted by Gasteiger charge is -2.34. The first-order valence-electron chi connectivity index (χ1n) is 10.9. The average Bonchev–Trinajstić information content (AvgIpc) is 2.75. The summed E-state index contributed by atoms with van der Waals surface area (Å²) in [6.45, 7) is 10.7. The zero-order valence-electron chi connectivity index (χ0n) is 18.2. The van der Waals surface area contributed by atoms with Crippen LogP contribution in [0.4, 0.5) is 4.39 Å². The summed E-state index contributed by atoms with van der Waals surface area (Å²) < 4.78 is 13.9. The number of aliphatic imine (C=N–C) groups is 1. The normalized spacial score (nSPS) is 19.9. The van der Waals surface area contributed by atoms with Crippen molar-refractivity contribution in [2.24, 2.45) is 10.9 Å². The second-order valence-corrected chi connectivity index (χ2v) is 8.27. The summed E-state index contributed by atoms with van der Waals surface area (Å²) in [5.74, 6) is 1.46. The third-order valence-corrected chi connectivity index (χ3v) is 6.16. The summed E-state index contributed by atoms with van der Waals surface area (Å²) in [6, 6.07) is 7.60. The summed E-state index contributed by atoms with van der Waals surface area (Å²) in [6.07, 6.45) is 6.54. The molecule has 30 heavy (non-hydrogen) atoms. The van der Waals surface area contributed by atoms with Gasteiger partial charge in [0.25, 0.3) is 0 Å². The van der Waals surface area contributed by atoms with Crippen molar-refractivity contribution >= 4 is 29.9 Å². The van der Waals surface area contributed by atoms with Crippen molar-refractivity contribution in [1.82, 2.24) is 20.4 Å². The number of nitrogens with one attached hydrogen (secondary N) is 2. The first-order chi connectivity index (χ1) is 14.2. The van der Waals surface area contributed by atoms with Gasteiger partial charge in [-0.15, -0.1) is 30.6 Å². The quantitative estimate of drug-likeness (QED) is 0.246. The second kappa shape index (κ2) is 13.3. The molecule has 2 saturated heterocycles. The van der Waals surface area contributed by atoms with Gasteiger partial charge < -0.3 is 10.6 Å². The molecule has 0 amide bonds. The Morgan fingerprint density at radius 2 is 1.80 bits per heavy atom. The van der Waals surface area contributed by atoms with Crippen LogP contribution in [0, 0.1) is 11.7 Å². The molecular formula is C23H37FIN5. The summed E-state index contributed by atoms with van der Waals surface area (Å²) >= 11 is 0. The molecule has 0 aromatic heterocycles. The molecule has 0 radical (unpaired) electrons. The van der Waals surface area contributed by atoms with E-state index in [9.17, 15) is 4.39 Å². The van der Waals surface area contributed by atoms with E-state index in [0.29, 0.717) is 18.5 Å². The van der Waals surface area contributed by atoms with Crippen LogP contribution in [0.15, 0.2) is 41.9 Å². The third kappa shape index (κ3) is 7.81. The Labute approximate surface area is 198 Å². The number of rotatable bonds is 7. The predicted octanol–water partition coefficient (Wildman–Crippen LogP) is 3.47. The Kier molecular flexibility index (Phi) is 11.1. The molecule has 0 unspecified atom stereocenters. The lowest BCUT2D eigenvalue weighted by molar-refractivity contribution is 0.176. The Hall–Kier alpha value is -1.19. The molecule has 2 aliphatic rings. The van der Waals surface area contributed by atoms with Crippen LogP contribution < -0.4 is 10.6 Å². The van der Waals surface area contributed by atoms with Crippen LogP contribution in [0.25, 0.3) is 0 Å². The smallest absolute Gasteiger partial charge is 0.191 e. The lowest BCUT2D eigenvalue weighted by Crippen LogP contribution is -2.49. The minimum atomic E-state index is -0.0958. The van der Waals surface area contributed by atoms with E-state index in [1.807, 2.05) is 25.3 Å². The Morgan fingerprint density at radius 1 is 1.13 bits per heavy atom. The number of nitrogens with zero attached hydrogens (tertiary/aromatic N) is 3. The van der Waals surface area contributed by atoms with Gasteiger partial charge in [-0.2, -0.15) is 0 Å². The summed E-state index contributed by atoms with van der Waals surface area (Å²) in [5.41, 5.74) is 0.799. The highest BCUT2D eigenvalue weighted by Gasteiger charge is 2.22. The lowest BCUT2D eigenvalue weighted by atomic mass is 9.96. The van der Waals surface area contributed by atoms with Gasteiger partial charge in [-0.1, -0.05) is 24.3 Å². The summed E-state index contributed by atoms with van der Waals surface area (Å²) in [7, 11) is 1.85. The molecule has 1 aromatic rings. The van der Waals surface area contributed by atoms with Crippen LogP contribution in [0.3, 0.4) is 0 Å². The van der Waals surface area contributed by atoms with Gasteiger partial charge in [-0.05, 0) is 50.8 Å². The van der Waals surface area contributed by atoms with Gasteiger partial charge in [0, 0.05) is 51.4 Å². The molecule has 2 heterocycles. The molecule has 5 nitrogen and oxygen atoms in total. The standard InChI is InChI=1S/C23H36FN5.HI/c1-3-12-28-15-10-21(11-16-28)27-23(25-2)26-17-19-8-13-29(14-9-19)18-20-6-4-5-7-22(20)24;/h3-7,19,21H,1,8-18H2,2H3,(H2,25,26,27);1H. The molecule has 7 heteroatoms. The Bertz CT molecular complexity index is 667. The van der Waals surface area contributed by atoms with Crippen molar-refractivity contribution in [1.29, 1.82) is 0 Å². The highest BCUT2D eigenvalue weighted by Crippen LogP contribution is 2.19. The molecule has 0 aliphatic carbocycles. The fraction of sp³-hybridized carbons (Fsp3) is 0.609. The highest BCUT2D eigenvalue weighted by molar-refractivity contribution is 14.0. The van der Waals surface area contributed by atoms with E-state index in [4.69, 9.17) is 0 Å². The second-order valence-electron chi connectivity index (χ2n) is 8.27.